The fraction of sp³-hybridized carbons (Fsp3) is 0.227. The van der Waals surface area contributed by atoms with Crippen molar-refractivity contribution in [1.82, 2.24) is 68.8 Å². The number of hydrogen-bond acceptors (Lipinski definition) is 25. The van der Waals surface area contributed by atoms with Crippen LogP contribution < -0.4 is 0 Å². The van der Waals surface area contributed by atoms with Crippen LogP contribution in [-0.2, 0) is 30.3 Å². The summed E-state index contributed by atoms with van der Waals surface area (Å²) in [4.78, 5) is 86.0. The number of carbonyl (C=O) groups excluding carboxylic acids is 5. The summed E-state index contributed by atoms with van der Waals surface area (Å²) in [6.45, 7) is 8.45. The normalized spacial score (nSPS) is 12.3. The van der Waals surface area contributed by atoms with E-state index in [0.29, 0.717) is 50.5 Å². The number of fused-ring (bicyclic) bond motifs is 15. The number of carbonyl (C=O) groups is 5. The van der Waals surface area contributed by atoms with Crippen LogP contribution in [0.25, 0.3) is 80.0 Å². The largest absolute Gasteiger partial charge is 0.460 e. The van der Waals surface area contributed by atoms with Gasteiger partial charge in [0.05, 0.1) is 74.5 Å². The summed E-state index contributed by atoms with van der Waals surface area (Å²) in [7, 11) is 0. The fourth-order valence-electron chi connectivity index (χ4n) is 10.5. The lowest BCUT2D eigenvalue weighted by Gasteiger charge is -2.09. The van der Waals surface area contributed by atoms with E-state index in [4.69, 9.17) is 23.7 Å². The molecule has 0 unspecified atom stereocenters. The van der Waals surface area contributed by atoms with Gasteiger partial charge in [0, 0.05) is 57.7 Å². The predicted molar refractivity (Wildman–Crippen MR) is 367 cm³/mol. The van der Waals surface area contributed by atoms with Crippen molar-refractivity contribution < 1.29 is 47.7 Å². The van der Waals surface area contributed by atoms with E-state index < -0.39 is 17.9 Å². The molecule has 0 amide bonds. The SMILES string of the molecule is CC(C)OC(=O)c1nsc2nc3ccccc3n12.CCCCOC(=O)c1nsc2nc3ccccc3n12.CCOC(=O)c1nsc2nc3ccccc3n12.O=C(OC1CCCC1)c1nsc2nc3ccccc3n12.O=C(OCc1ccccc1)c1nsc2nc3ccccc3n12. The highest BCUT2D eigenvalue weighted by atomic mass is 32.1. The predicted octanol–water partition coefficient (Wildman–Crippen LogP) is 13.9. The highest BCUT2D eigenvalue weighted by molar-refractivity contribution is 7.12. The van der Waals surface area contributed by atoms with E-state index in [1.807, 2.05) is 166 Å². The van der Waals surface area contributed by atoms with Crippen molar-refractivity contribution in [2.24, 2.45) is 0 Å². The molecule has 1 saturated carbocycles. The van der Waals surface area contributed by atoms with Crippen LogP contribution in [0.5, 0.6) is 0 Å². The first-order valence-corrected chi connectivity index (χ1v) is 34.4. The molecule has 486 valence electrons. The first kappa shape index (κ1) is 64.2. The Morgan fingerprint density at radius 2 is 0.740 bits per heavy atom. The molecule has 0 spiro atoms. The molecule has 1 aliphatic rings. The summed E-state index contributed by atoms with van der Waals surface area (Å²) in [6, 6.07) is 47.9. The van der Waals surface area contributed by atoms with E-state index in [9.17, 15) is 24.0 Å². The molecule has 0 N–H and O–H groups in total. The summed E-state index contributed by atoms with van der Waals surface area (Å²) in [5.74, 6) is -0.508. The molecule has 0 radical (unpaired) electrons. The van der Waals surface area contributed by atoms with Crippen LogP contribution in [0.1, 0.15) is 125 Å². The highest BCUT2D eigenvalue weighted by Gasteiger charge is 2.27. The van der Waals surface area contributed by atoms with Crippen LogP contribution in [0.15, 0.2) is 152 Å². The summed E-state index contributed by atoms with van der Waals surface area (Å²) >= 11 is 6.02. The quantitative estimate of drug-likeness (QED) is 0.0589. The van der Waals surface area contributed by atoms with Gasteiger partial charge in [-0.05, 0) is 119 Å². The van der Waals surface area contributed by atoms with Crippen LogP contribution >= 0.6 is 57.7 Å². The lowest BCUT2D eigenvalue weighted by atomic mass is 10.2. The zero-order valence-corrected chi connectivity index (χ0v) is 55.9. The van der Waals surface area contributed by atoms with Gasteiger partial charge in [-0.15, -0.1) is 0 Å². The van der Waals surface area contributed by atoms with Crippen LogP contribution in [0.3, 0.4) is 0 Å². The van der Waals surface area contributed by atoms with Gasteiger partial charge in [0.15, 0.2) is 0 Å². The third-order valence-electron chi connectivity index (χ3n) is 14.8. The Bertz CT molecular complexity index is 5460. The Morgan fingerprint density at radius 1 is 0.417 bits per heavy atom. The van der Waals surface area contributed by atoms with Crippen molar-refractivity contribution in [1.29, 1.82) is 0 Å². The standard InChI is InChI=1S/C16H11N3O2S.C14H13N3O2S.C13H13N3O2S.C12H11N3O2S.C11H9N3O2S/c20-15(21-10-11-6-2-1-3-7-11)14-18-22-16-17-12-8-4-5-9-13(12)19(14)16;18-13(19-9-5-1-2-6-9)12-16-20-14-15-10-7-3-4-8-11(10)17(12)14;1-2-3-8-18-12(17)11-15-19-13-14-9-6-4-5-7-10(9)16(11)13;1-7(2)17-11(16)10-14-18-12-13-8-5-3-4-6-9(8)15(10)12;1-2-16-10(15)9-13-17-11-12-7-5-3-4-6-8(7)14(9)11/h1-9H,10H2;3-4,7-9H,1-2,5-6H2;4-7H,2-3,8H2,1H3;3-7H,1-2H3;3-6H,2H2,1H3. The first-order valence-electron chi connectivity index (χ1n) is 30.6. The van der Waals surface area contributed by atoms with Crippen LogP contribution in [0.4, 0.5) is 0 Å². The van der Waals surface area contributed by atoms with Gasteiger partial charge in [0.2, 0.25) is 53.9 Å². The topological polar surface area (TPSA) is 282 Å². The van der Waals surface area contributed by atoms with E-state index in [0.717, 1.165) is 104 Å². The van der Waals surface area contributed by atoms with Crippen molar-refractivity contribution in [3.05, 3.63) is 186 Å². The van der Waals surface area contributed by atoms with Gasteiger partial charge in [-0.2, -0.15) is 21.9 Å². The van der Waals surface area contributed by atoms with Gasteiger partial charge in [-0.3, -0.25) is 22.0 Å². The van der Waals surface area contributed by atoms with Crippen molar-refractivity contribution >= 4 is 167 Å². The maximum atomic E-state index is 12.3. The number of benzene rings is 6. The summed E-state index contributed by atoms with van der Waals surface area (Å²) < 4.78 is 55.8. The number of ether oxygens (including phenoxy) is 5. The minimum atomic E-state index is -0.446. The van der Waals surface area contributed by atoms with Gasteiger partial charge in [-0.25, -0.2) is 48.9 Å². The number of aromatic nitrogens is 15. The Morgan fingerprint density at radius 3 is 1.09 bits per heavy atom. The molecule has 96 heavy (non-hydrogen) atoms. The first-order chi connectivity index (χ1) is 46.9. The monoisotopic (exact) mass is 1380 g/mol. The molecule has 16 aromatic rings. The molecule has 0 atom stereocenters. The number of hydrogen-bond donors (Lipinski definition) is 0. The van der Waals surface area contributed by atoms with Crippen molar-refractivity contribution in [2.45, 2.75) is 85.0 Å². The molecule has 0 saturated heterocycles. The molecule has 10 aromatic heterocycles. The molecule has 25 nitrogen and oxygen atoms in total. The number of nitrogens with zero attached hydrogens (tertiary/aromatic N) is 15. The maximum absolute atomic E-state index is 12.3. The summed E-state index contributed by atoms with van der Waals surface area (Å²) in [6.07, 6.45) is 5.94. The number of unbranched alkanes of at least 4 members (excludes halogenated alkanes) is 1. The van der Waals surface area contributed by atoms with E-state index in [2.05, 4.69) is 53.7 Å². The molecular weight excluding hydrogens is 1320 g/mol. The van der Waals surface area contributed by atoms with Gasteiger partial charge < -0.3 is 23.7 Å². The second-order valence-electron chi connectivity index (χ2n) is 21.7. The van der Waals surface area contributed by atoms with Crippen LogP contribution in [0, 0.1) is 0 Å². The summed E-state index contributed by atoms with van der Waals surface area (Å²) in [5.41, 5.74) is 9.61. The second-order valence-corrected chi connectivity index (χ2v) is 25.3. The molecule has 10 heterocycles. The number of imidazole rings is 5. The van der Waals surface area contributed by atoms with Gasteiger partial charge in [0.1, 0.15) is 12.7 Å². The number of rotatable bonds is 13. The minimum Gasteiger partial charge on any atom is -0.460 e. The molecule has 1 fully saturated rings. The Labute approximate surface area is 565 Å². The van der Waals surface area contributed by atoms with Gasteiger partial charge >= 0.3 is 29.8 Å². The molecule has 1 aliphatic carbocycles. The fourth-order valence-corrected chi connectivity index (χ4v) is 14.1. The van der Waals surface area contributed by atoms with E-state index in [1.54, 1.807) is 28.9 Å². The van der Waals surface area contributed by atoms with Crippen molar-refractivity contribution in [3.63, 3.8) is 0 Å². The molecule has 17 rings (SSSR count). The molecule has 0 bridgehead atoms. The van der Waals surface area contributed by atoms with E-state index in [1.165, 1.54) is 57.7 Å². The molecular formula is C66H57N15O10S5. The van der Waals surface area contributed by atoms with Crippen molar-refractivity contribution in [3.8, 4) is 0 Å². The average Bonchev–Trinajstić information content (AvgIpc) is 1.69. The van der Waals surface area contributed by atoms with Crippen LogP contribution in [-0.4, -0.2) is 124 Å². The maximum Gasteiger partial charge on any atom is 0.376 e. The highest BCUT2D eigenvalue weighted by Crippen LogP contribution is 2.28. The molecule has 6 aromatic carbocycles. The lowest BCUT2D eigenvalue weighted by Crippen LogP contribution is -2.17. The molecule has 0 aliphatic heterocycles. The number of para-hydroxylation sites is 10. The smallest absolute Gasteiger partial charge is 0.376 e. The van der Waals surface area contributed by atoms with E-state index in [-0.39, 0.29) is 42.4 Å². The van der Waals surface area contributed by atoms with Crippen molar-refractivity contribution in [2.75, 3.05) is 13.2 Å². The lowest BCUT2D eigenvalue weighted by molar-refractivity contribution is 0.0301. The zero-order chi connectivity index (χ0) is 66.2. The Balaban J connectivity index is 0.000000109. The Hall–Kier alpha value is -10.5. The molecule has 30 heteroatoms. The third kappa shape index (κ3) is 13.4. The average molecular weight is 1380 g/mol. The zero-order valence-electron chi connectivity index (χ0n) is 51.8. The van der Waals surface area contributed by atoms with Gasteiger partial charge in [-0.1, -0.05) is 104 Å². The number of esters is 5. The van der Waals surface area contributed by atoms with Crippen LogP contribution in [0.2, 0.25) is 0 Å². The second kappa shape index (κ2) is 29.0. The minimum absolute atomic E-state index is 0.0500. The van der Waals surface area contributed by atoms with Gasteiger partial charge in [0.25, 0.3) is 0 Å². The Kier molecular flexibility index (Phi) is 19.4. The third-order valence-corrected chi connectivity index (χ3v) is 18.3. The summed E-state index contributed by atoms with van der Waals surface area (Å²) in [5, 5.41) is 0. The van der Waals surface area contributed by atoms with E-state index >= 15 is 0 Å².